The first-order chi connectivity index (χ1) is 16.6. The van der Waals surface area contributed by atoms with E-state index in [0.29, 0.717) is 18.9 Å². The van der Waals surface area contributed by atoms with Gasteiger partial charge in [-0.05, 0) is 47.4 Å². The van der Waals surface area contributed by atoms with Crippen molar-refractivity contribution in [3.05, 3.63) is 104 Å². The van der Waals surface area contributed by atoms with E-state index in [0.717, 1.165) is 53.6 Å². The molecule has 0 unspecified atom stereocenters. The van der Waals surface area contributed by atoms with Crippen molar-refractivity contribution in [3.8, 4) is 11.1 Å². The number of nitrogens with zero attached hydrogens (tertiary/aromatic N) is 3. The Morgan fingerprint density at radius 2 is 1.82 bits per heavy atom. The molecule has 0 saturated carbocycles. The lowest BCUT2D eigenvalue weighted by Crippen LogP contribution is -2.26. The van der Waals surface area contributed by atoms with Gasteiger partial charge in [0, 0.05) is 28.9 Å². The largest absolute Gasteiger partial charge is 0.382 e. The minimum Gasteiger partial charge on any atom is -0.382 e. The van der Waals surface area contributed by atoms with Crippen LogP contribution in [0.4, 0.5) is 0 Å². The summed E-state index contributed by atoms with van der Waals surface area (Å²) < 4.78 is 3.79. The van der Waals surface area contributed by atoms with E-state index in [-0.39, 0.29) is 5.69 Å². The molecule has 0 bridgehead atoms. The predicted octanol–water partition coefficient (Wildman–Crippen LogP) is 4.59. The molecule has 4 rings (SSSR count). The fourth-order valence-corrected chi connectivity index (χ4v) is 4.85. The lowest BCUT2D eigenvalue weighted by atomic mass is 9.98. The van der Waals surface area contributed by atoms with Gasteiger partial charge in [0.15, 0.2) is 5.84 Å². The third-order valence-corrected chi connectivity index (χ3v) is 6.98. The van der Waals surface area contributed by atoms with Crippen LogP contribution in [0.5, 0.6) is 0 Å². The summed E-state index contributed by atoms with van der Waals surface area (Å²) in [6.45, 7) is 3.43. The molecule has 34 heavy (non-hydrogen) atoms. The summed E-state index contributed by atoms with van der Waals surface area (Å²) in [5.74, 6) is 5.71. The van der Waals surface area contributed by atoms with Crippen molar-refractivity contribution in [2.45, 2.75) is 45.7 Å². The topological polar surface area (TPSA) is 91.3 Å². The fraction of sp³-hybridized carbons (Fsp3) is 0.259. The predicted molar refractivity (Wildman–Crippen MR) is 141 cm³/mol. The number of aryl methyl sites for hydroxylation is 3. The Morgan fingerprint density at radius 3 is 2.53 bits per heavy atom. The van der Waals surface area contributed by atoms with Gasteiger partial charge in [-0.3, -0.25) is 9.13 Å². The number of amidine groups is 1. The molecular formula is C27H31N5OS. The molecule has 7 heteroatoms. The van der Waals surface area contributed by atoms with Gasteiger partial charge in [0.1, 0.15) is 0 Å². The summed E-state index contributed by atoms with van der Waals surface area (Å²) in [5, 5.41) is 5.73. The summed E-state index contributed by atoms with van der Waals surface area (Å²) in [7, 11) is 0. The smallest absolute Gasteiger partial charge is 0.328 e. The van der Waals surface area contributed by atoms with Crippen LogP contribution in [0.3, 0.4) is 0 Å². The molecule has 4 N–H and O–H groups in total. The molecule has 0 spiro atoms. The van der Waals surface area contributed by atoms with Gasteiger partial charge in [-0.1, -0.05) is 67.9 Å². The van der Waals surface area contributed by atoms with E-state index in [2.05, 4.69) is 53.8 Å². The molecule has 0 saturated heterocycles. The van der Waals surface area contributed by atoms with Crippen molar-refractivity contribution in [3.63, 3.8) is 0 Å². The Hall–Kier alpha value is -3.58. The highest BCUT2D eigenvalue weighted by Crippen LogP contribution is 2.24. The summed E-state index contributed by atoms with van der Waals surface area (Å²) in [5.41, 5.74) is 11.0. The molecule has 6 nitrogen and oxygen atoms in total. The van der Waals surface area contributed by atoms with E-state index in [1.807, 2.05) is 39.6 Å². The Bertz CT molecular complexity index is 1300. The van der Waals surface area contributed by atoms with Crippen molar-refractivity contribution >= 4 is 17.2 Å². The normalized spacial score (nSPS) is 11.7. The molecule has 0 aliphatic rings. The van der Waals surface area contributed by atoms with Gasteiger partial charge in [0.05, 0.1) is 6.54 Å². The maximum absolute atomic E-state index is 13.2. The summed E-state index contributed by atoms with van der Waals surface area (Å²) in [6.07, 6.45) is 5.98. The van der Waals surface area contributed by atoms with E-state index in [4.69, 9.17) is 11.6 Å². The Labute approximate surface area is 204 Å². The fourth-order valence-electron chi connectivity index (χ4n) is 4.15. The number of rotatable bonds is 10. The van der Waals surface area contributed by atoms with Gasteiger partial charge >= 0.3 is 5.69 Å². The van der Waals surface area contributed by atoms with Gasteiger partial charge in [0.2, 0.25) is 0 Å². The van der Waals surface area contributed by atoms with E-state index in [9.17, 15) is 4.79 Å². The highest BCUT2D eigenvalue weighted by molar-refractivity contribution is 7.09. The first-order valence-corrected chi connectivity index (χ1v) is 12.5. The zero-order chi connectivity index (χ0) is 23.9. The number of benzene rings is 2. The lowest BCUT2D eigenvalue weighted by molar-refractivity contribution is 0.628. The van der Waals surface area contributed by atoms with Crippen LogP contribution in [0.15, 0.2) is 82.1 Å². The molecule has 2 aromatic carbocycles. The maximum atomic E-state index is 13.2. The Morgan fingerprint density at radius 1 is 1.03 bits per heavy atom. The molecule has 0 aliphatic carbocycles. The summed E-state index contributed by atoms with van der Waals surface area (Å²) in [4.78, 5) is 14.5. The number of aromatic nitrogens is 2. The van der Waals surface area contributed by atoms with E-state index in [1.54, 1.807) is 11.3 Å². The third-order valence-electron chi connectivity index (χ3n) is 6.04. The standard InChI is InChI=1S/C27H31N5OS/c1-2-3-7-22-19-31(16-15-23-8-6-17-34-23)27(33)32(22)18-20-11-13-21(14-12-20)24-9-4-5-10-25(24)26(28)30-29/h4-6,8-14,17,19H,2-3,7,15-16,18,29H2,1H3,(H2,28,30). The second-order valence-corrected chi connectivity index (χ2v) is 9.40. The molecule has 0 aliphatic heterocycles. The average molecular weight is 474 g/mol. The molecule has 4 aromatic rings. The zero-order valence-corrected chi connectivity index (χ0v) is 20.3. The van der Waals surface area contributed by atoms with Gasteiger partial charge in [-0.25, -0.2) is 4.79 Å². The molecular weight excluding hydrogens is 442 g/mol. The average Bonchev–Trinajstić information content (AvgIpc) is 3.50. The highest BCUT2D eigenvalue weighted by atomic mass is 32.1. The Balaban J connectivity index is 1.58. The van der Waals surface area contributed by atoms with Crippen LogP contribution in [0.25, 0.3) is 11.1 Å². The van der Waals surface area contributed by atoms with Crippen molar-refractivity contribution in [2.75, 3.05) is 0 Å². The van der Waals surface area contributed by atoms with Crippen LogP contribution in [0.2, 0.25) is 0 Å². The number of nitrogens with two attached hydrogens (primary N) is 2. The summed E-state index contributed by atoms with van der Waals surface area (Å²) >= 11 is 1.73. The first-order valence-electron chi connectivity index (χ1n) is 11.6. The van der Waals surface area contributed by atoms with E-state index < -0.39 is 0 Å². The molecule has 0 fully saturated rings. The number of imidazole rings is 1. The quantitative estimate of drug-likeness (QED) is 0.153. The highest BCUT2D eigenvalue weighted by Gasteiger charge is 2.13. The van der Waals surface area contributed by atoms with Crippen LogP contribution in [-0.2, 0) is 25.9 Å². The maximum Gasteiger partial charge on any atom is 0.328 e. The third kappa shape index (κ3) is 5.31. The van der Waals surface area contributed by atoms with Crippen LogP contribution in [-0.4, -0.2) is 15.0 Å². The van der Waals surface area contributed by atoms with Crippen LogP contribution < -0.4 is 17.3 Å². The van der Waals surface area contributed by atoms with Crippen molar-refractivity contribution in [2.24, 2.45) is 16.7 Å². The number of hydrogen-bond donors (Lipinski definition) is 2. The van der Waals surface area contributed by atoms with Crippen molar-refractivity contribution < 1.29 is 0 Å². The van der Waals surface area contributed by atoms with Crippen LogP contribution >= 0.6 is 11.3 Å². The minimum atomic E-state index is 0.0593. The monoisotopic (exact) mass is 473 g/mol. The summed E-state index contributed by atoms with van der Waals surface area (Å²) in [6, 6.07) is 20.2. The van der Waals surface area contributed by atoms with Gasteiger partial charge < -0.3 is 11.6 Å². The van der Waals surface area contributed by atoms with Crippen molar-refractivity contribution in [1.82, 2.24) is 9.13 Å². The number of unbranched alkanes of at least 4 members (excludes halogenated alkanes) is 1. The SMILES string of the molecule is CCCCc1cn(CCc2cccs2)c(=O)n1Cc1ccc(-c2ccccc2/C(N)=N/N)cc1. The molecule has 0 atom stereocenters. The molecule has 2 aromatic heterocycles. The molecule has 0 amide bonds. The number of hydrogen-bond acceptors (Lipinski definition) is 4. The number of thiophene rings is 1. The van der Waals surface area contributed by atoms with Gasteiger partial charge in [0.25, 0.3) is 0 Å². The van der Waals surface area contributed by atoms with Crippen molar-refractivity contribution in [1.29, 1.82) is 0 Å². The second-order valence-electron chi connectivity index (χ2n) is 8.37. The van der Waals surface area contributed by atoms with E-state index in [1.165, 1.54) is 4.88 Å². The zero-order valence-electron chi connectivity index (χ0n) is 19.5. The van der Waals surface area contributed by atoms with E-state index >= 15 is 0 Å². The minimum absolute atomic E-state index is 0.0593. The van der Waals surface area contributed by atoms with Crippen LogP contribution in [0.1, 0.15) is 41.5 Å². The molecule has 176 valence electrons. The molecule has 0 radical (unpaired) electrons. The second kappa shape index (κ2) is 11.0. The van der Waals surface area contributed by atoms with Gasteiger partial charge in [-0.2, -0.15) is 5.10 Å². The number of hydrazone groups is 1. The lowest BCUT2D eigenvalue weighted by Gasteiger charge is -2.11. The Kier molecular flexibility index (Phi) is 7.65. The van der Waals surface area contributed by atoms with Gasteiger partial charge in [-0.15, -0.1) is 11.3 Å². The van der Waals surface area contributed by atoms with Crippen LogP contribution in [0, 0.1) is 0 Å². The first kappa shape index (κ1) is 23.6. The molecule has 2 heterocycles.